The average Bonchev–Trinajstić information content (AvgIpc) is 3.22. The number of aliphatic hydroxyl groups is 1. The molecule has 0 amide bonds. The quantitative estimate of drug-likeness (QED) is 0.462. The Hall–Kier alpha value is -1.93. The minimum atomic E-state index is -0.471. The molecule has 0 unspecified atom stereocenters. The molecular formula is C33H42O2. The minimum Gasteiger partial charge on any atom is -0.390 e. The zero-order chi connectivity index (χ0) is 24.4. The Morgan fingerprint density at radius 2 is 1.43 bits per heavy atom. The van der Waals surface area contributed by atoms with Crippen molar-refractivity contribution in [3.8, 4) is 11.1 Å². The maximum absolute atomic E-state index is 13.8. The summed E-state index contributed by atoms with van der Waals surface area (Å²) in [6.07, 6.45) is 10.4. The first-order chi connectivity index (χ1) is 16.7. The van der Waals surface area contributed by atoms with Gasteiger partial charge in [-0.3, -0.25) is 4.79 Å². The van der Waals surface area contributed by atoms with Crippen LogP contribution < -0.4 is 0 Å². The summed E-state index contributed by atoms with van der Waals surface area (Å²) in [4.78, 5) is 13.8. The molecule has 2 aromatic rings. The van der Waals surface area contributed by atoms with Gasteiger partial charge >= 0.3 is 0 Å². The Morgan fingerprint density at radius 3 is 2.17 bits per heavy atom. The van der Waals surface area contributed by atoms with Crippen molar-refractivity contribution >= 4 is 5.78 Å². The van der Waals surface area contributed by atoms with Gasteiger partial charge in [0.25, 0.3) is 0 Å². The van der Waals surface area contributed by atoms with E-state index in [-0.39, 0.29) is 11.3 Å². The third-order valence-corrected chi connectivity index (χ3v) is 11.5. The van der Waals surface area contributed by atoms with Crippen molar-refractivity contribution in [2.45, 2.75) is 84.2 Å². The topological polar surface area (TPSA) is 37.3 Å². The van der Waals surface area contributed by atoms with Crippen LogP contribution >= 0.6 is 0 Å². The lowest BCUT2D eigenvalue weighted by Gasteiger charge is -2.61. The van der Waals surface area contributed by atoms with Crippen LogP contribution in [0.4, 0.5) is 0 Å². The van der Waals surface area contributed by atoms with E-state index in [4.69, 9.17) is 0 Å². The van der Waals surface area contributed by atoms with Crippen LogP contribution in [0.3, 0.4) is 0 Å². The van der Waals surface area contributed by atoms with Crippen molar-refractivity contribution in [2.24, 2.45) is 40.4 Å². The Bertz CT molecular complexity index is 1090. The Labute approximate surface area is 211 Å². The number of rotatable bonds is 3. The molecule has 2 nitrogen and oxygen atoms in total. The van der Waals surface area contributed by atoms with Gasteiger partial charge in [0, 0.05) is 11.5 Å². The van der Waals surface area contributed by atoms with Gasteiger partial charge in [0.15, 0.2) is 5.78 Å². The molecule has 2 aromatic carbocycles. The number of carbonyl (C=O) groups is 1. The Kier molecular flexibility index (Phi) is 5.57. The molecule has 4 fully saturated rings. The fraction of sp³-hybridized carbons (Fsp3) is 0.606. The fourth-order valence-corrected chi connectivity index (χ4v) is 9.52. The lowest BCUT2D eigenvalue weighted by atomic mass is 9.44. The normalized spacial score (nSPS) is 42.6. The molecule has 4 saturated carbocycles. The smallest absolute Gasteiger partial charge is 0.166 e. The summed E-state index contributed by atoms with van der Waals surface area (Å²) in [5.74, 6) is 3.42. The van der Waals surface area contributed by atoms with Gasteiger partial charge in [-0.05, 0) is 110 Å². The molecule has 35 heavy (non-hydrogen) atoms. The van der Waals surface area contributed by atoms with Crippen LogP contribution in [0.2, 0.25) is 0 Å². The van der Waals surface area contributed by atoms with Crippen LogP contribution in [-0.4, -0.2) is 16.5 Å². The molecule has 0 saturated heterocycles. The predicted octanol–water partition coefficient (Wildman–Crippen LogP) is 7.95. The Morgan fingerprint density at radius 1 is 0.743 bits per heavy atom. The first kappa shape index (κ1) is 23.5. The minimum absolute atomic E-state index is 0.139. The summed E-state index contributed by atoms with van der Waals surface area (Å²) >= 11 is 0. The molecule has 0 radical (unpaired) electrons. The molecule has 0 heterocycles. The number of hydrogen-bond donors (Lipinski definition) is 1. The molecule has 4 aliphatic carbocycles. The number of carbonyl (C=O) groups excluding carboxylic acids is 1. The van der Waals surface area contributed by atoms with Crippen LogP contribution in [0.5, 0.6) is 0 Å². The molecule has 0 aliphatic heterocycles. The summed E-state index contributed by atoms with van der Waals surface area (Å²) in [6, 6.07) is 18.8. The second kappa shape index (κ2) is 8.30. The highest BCUT2D eigenvalue weighted by molar-refractivity contribution is 5.99. The highest BCUT2D eigenvalue weighted by atomic mass is 16.3. The SMILES string of the molecule is C[C@@]1(O)CC[C@@]2(C)[C@H](CC[C@@H]3[C@@H]2CC[C@]2(C)[C@@H](C(=O)c4ccc(-c5ccccc5)cc4)CC[C@@H]32)C1. The van der Waals surface area contributed by atoms with Gasteiger partial charge < -0.3 is 5.11 Å². The van der Waals surface area contributed by atoms with E-state index in [0.717, 1.165) is 36.7 Å². The lowest BCUT2D eigenvalue weighted by molar-refractivity contribution is -0.144. The second-order valence-corrected chi connectivity index (χ2v) is 13.3. The summed E-state index contributed by atoms with van der Waals surface area (Å²) in [6.45, 7) is 7.07. The van der Waals surface area contributed by atoms with E-state index in [1.165, 1.54) is 49.7 Å². The molecule has 1 N–H and O–H groups in total. The monoisotopic (exact) mass is 470 g/mol. The average molecular weight is 471 g/mol. The number of Topliss-reactive ketones (excluding diaryl/α,β-unsaturated/α-hetero) is 1. The zero-order valence-corrected chi connectivity index (χ0v) is 21.8. The van der Waals surface area contributed by atoms with Crippen molar-refractivity contribution in [3.05, 3.63) is 60.2 Å². The van der Waals surface area contributed by atoms with Crippen LogP contribution in [0.25, 0.3) is 11.1 Å². The van der Waals surface area contributed by atoms with Crippen LogP contribution in [-0.2, 0) is 0 Å². The number of ketones is 1. The molecule has 0 spiro atoms. The molecule has 186 valence electrons. The van der Waals surface area contributed by atoms with Gasteiger partial charge in [-0.1, -0.05) is 68.4 Å². The van der Waals surface area contributed by atoms with E-state index in [9.17, 15) is 9.90 Å². The van der Waals surface area contributed by atoms with Crippen molar-refractivity contribution in [1.29, 1.82) is 0 Å². The van der Waals surface area contributed by atoms with Gasteiger partial charge in [-0.25, -0.2) is 0 Å². The first-order valence-corrected chi connectivity index (χ1v) is 14.1. The van der Waals surface area contributed by atoms with Crippen molar-refractivity contribution in [3.63, 3.8) is 0 Å². The van der Waals surface area contributed by atoms with E-state index in [0.29, 0.717) is 23.0 Å². The standard InChI is InChI=1S/C33H42O2/c1-31(35)19-20-32(2)25(21-31)13-14-26-27-15-16-29(33(27,3)18-17-28(26)32)30(34)24-11-9-23(10-12-24)22-7-5-4-6-8-22/h4-12,25-29,35H,13-21H2,1-3H3/t25-,26+,27+,28+,29-,31-,32+,33+/m1/s1. The molecule has 0 bridgehead atoms. The number of fused-ring (bicyclic) bond motifs is 5. The summed E-state index contributed by atoms with van der Waals surface area (Å²) in [7, 11) is 0. The zero-order valence-electron chi connectivity index (χ0n) is 21.8. The van der Waals surface area contributed by atoms with E-state index in [2.05, 4.69) is 69.3 Å². The number of benzene rings is 2. The van der Waals surface area contributed by atoms with Gasteiger partial charge in [0.05, 0.1) is 5.60 Å². The number of hydrogen-bond acceptors (Lipinski definition) is 2. The van der Waals surface area contributed by atoms with Crippen LogP contribution in [0, 0.1) is 40.4 Å². The second-order valence-electron chi connectivity index (χ2n) is 13.3. The molecule has 6 rings (SSSR count). The van der Waals surface area contributed by atoms with E-state index in [1.54, 1.807) is 0 Å². The molecule has 4 aliphatic rings. The predicted molar refractivity (Wildman–Crippen MR) is 142 cm³/mol. The van der Waals surface area contributed by atoms with Crippen molar-refractivity contribution < 1.29 is 9.90 Å². The fourth-order valence-electron chi connectivity index (χ4n) is 9.52. The van der Waals surface area contributed by atoms with Gasteiger partial charge in [0.2, 0.25) is 0 Å². The van der Waals surface area contributed by atoms with E-state index in [1.807, 2.05) is 6.07 Å². The van der Waals surface area contributed by atoms with Gasteiger partial charge in [-0.15, -0.1) is 0 Å². The molecule has 8 atom stereocenters. The molecule has 2 heteroatoms. The maximum atomic E-state index is 13.8. The highest BCUT2D eigenvalue weighted by Gasteiger charge is 2.61. The van der Waals surface area contributed by atoms with Gasteiger partial charge in [-0.2, -0.15) is 0 Å². The maximum Gasteiger partial charge on any atom is 0.166 e. The van der Waals surface area contributed by atoms with Gasteiger partial charge in [0.1, 0.15) is 0 Å². The lowest BCUT2D eigenvalue weighted by Crippen LogP contribution is -2.55. The van der Waals surface area contributed by atoms with Crippen LogP contribution in [0.1, 0.15) is 88.9 Å². The van der Waals surface area contributed by atoms with E-state index >= 15 is 0 Å². The summed E-state index contributed by atoms with van der Waals surface area (Å²) in [5.41, 5.74) is 3.31. The highest BCUT2D eigenvalue weighted by Crippen LogP contribution is 2.68. The molecular weight excluding hydrogens is 428 g/mol. The first-order valence-electron chi connectivity index (χ1n) is 14.1. The third kappa shape index (κ3) is 3.74. The van der Waals surface area contributed by atoms with Crippen molar-refractivity contribution in [2.75, 3.05) is 0 Å². The third-order valence-electron chi connectivity index (χ3n) is 11.5. The van der Waals surface area contributed by atoms with E-state index < -0.39 is 5.60 Å². The summed E-state index contributed by atoms with van der Waals surface area (Å²) in [5, 5.41) is 10.8. The molecule has 0 aromatic heterocycles. The Balaban J connectivity index is 1.21. The van der Waals surface area contributed by atoms with Crippen LogP contribution in [0.15, 0.2) is 54.6 Å². The van der Waals surface area contributed by atoms with Crippen molar-refractivity contribution in [1.82, 2.24) is 0 Å². The summed E-state index contributed by atoms with van der Waals surface area (Å²) < 4.78 is 0. The largest absolute Gasteiger partial charge is 0.390 e.